The van der Waals surface area contributed by atoms with Crippen LogP contribution in [0.1, 0.15) is 38.5 Å². The average Bonchev–Trinajstić information content (AvgIpc) is 3.14. The summed E-state index contributed by atoms with van der Waals surface area (Å²) in [6, 6.07) is 3.80. The third-order valence-corrected chi connectivity index (χ3v) is 7.53. The van der Waals surface area contributed by atoms with Crippen LogP contribution in [0.5, 0.6) is 0 Å². The first kappa shape index (κ1) is 18.5. The van der Waals surface area contributed by atoms with Crippen LogP contribution in [-0.4, -0.2) is 47.1 Å². The van der Waals surface area contributed by atoms with Gasteiger partial charge in [-0.1, -0.05) is 0 Å². The Morgan fingerprint density at radius 2 is 1.97 bits per heavy atom. The normalized spacial score (nSPS) is 37.5. The molecule has 2 unspecified atom stereocenters. The highest BCUT2D eigenvalue weighted by Crippen LogP contribution is 2.60. The molecule has 0 radical (unpaired) electrons. The molecule has 2 heterocycles. The number of amides is 2. The largest absolute Gasteiger partial charge is 0.446 e. The zero-order chi connectivity index (χ0) is 20.2. The minimum absolute atomic E-state index is 0.0719. The number of anilines is 2. The van der Waals surface area contributed by atoms with E-state index in [0.29, 0.717) is 24.7 Å². The smallest absolute Gasteiger partial charge is 0.410 e. The Morgan fingerprint density at radius 3 is 2.62 bits per heavy atom. The van der Waals surface area contributed by atoms with Crippen molar-refractivity contribution in [1.29, 1.82) is 0 Å². The van der Waals surface area contributed by atoms with E-state index in [1.165, 1.54) is 0 Å². The van der Waals surface area contributed by atoms with Crippen molar-refractivity contribution in [1.82, 2.24) is 9.88 Å². The highest BCUT2D eigenvalue weighted by molar-refractivity contribution is 5.81. The van der Waals surface area contributed by atoms with Gasteiger partial charge in [0.2, 0.25) is 5.91 Å². The number of rotatable bonds is 4. The molecule has 29 heavy (non-hydrogen) atoms. The van der Waals surface area contributed by atoms with E-state index in [1.54, 1.807) is 11.1 Å². The van der Waals surface area contributed by atoms with Crippen molar-refractivity contribution >= 4 is 23.5 Å². The van der Waals surface area contributed by atoms with Gasteiger partial charge in [-0.25, -0.2) is 9.78 Å². The van der Waals surface area contributed by atoms with Gasteiger partial charge < -0.3 is 26.4 Å². The number of nitrogen functional groups attached to an aromatic ring is 1. The number of carbonyl (C=O) groups excluding carboxylic acids is 2. The van der Waals surface area contributed by atoms with Crippen LogP contribution in [0, 0.1) is 23.2 Å². The number of nitrogens with two attached hydrogens (primary N) is 2. The van der Waals surface area contributed by atoms with Crippen LogP contribution in [0.25, 0.3) is 0 Å². The lowest BCUT2D eigenvalue weighted by Gasteiger charge is -2.58. The van der Waals surface area contributed by atoms with Gasteiger partial charge in [0.15, 0.2) is 0 Å². The zero-order valence-corrected chi connectivity index (χ0v) is 16.5. The van der Waals surface area contributed by atoms with E-state index in [0.717, 1.165) is 44.3 Å². The van der Waals surface area contributed by atoms with Crippen LogP contribution >= 0.6 is 0 Å². The van der Waals surface area contributed by atoms with Crippen LogP contribution in [0.3, 0.4) is 0 Å². The van der Waals surface area contributed by atoms with Gasteiger partial charge in [-0.15, -0.1) is 0 Å². The predicted octanol–water partition coefficient (Wildman–Crippen LogP) is 1.97. The highest BCUT2D eigenvalue weighted by Gasteiger charge is 2.59. The maximum Gasteiger partial charge on any atom is 0.410 e. The Labute approximate surface area is 170 Å². The standard InChI is InChI=1S/C21H29N5O3/c22-15-1-2-17(24-10-15)25-16-3-4-26(11-16)20(28)29-18-13-5-12-6-14(18)9-21(7-12,8-13)19(23)27/h1-2,10,12-14,16,18H,3-9,11,22H2,(H2,23,27)(H,24,25)/t12?,13?,14?,16-,18?,21?/m0/s1. The topological polar surface area (TPSA) is 124 Å². The number of aromatic nitrogens is 1. The van der Waals surface area contributed by atoms with Crippen molar-refractivity contribution in [3.63, 3.8) is 0 Å². The molecule has 4 bridgehead atoms. The van der Waals surface area contributed by atoms with E-state index < -0.39 is 0 Å². The summed E-state index contributed by atoms with van der Waals surface area (Å²) in [4.78, 5) is 31.0. The molecule has 5 N–H and O–H groups in total. The lowest BCUT2D eigenvalue weighted by Crippen LogP contribution is -2.59. The van der Waals surface area contributed by atoms with Gasteiger partial charge in [0.05, 0.1) is 17.3 Å². The first-order valence-electron chi connectivity index (χ1n) is 10.7. The molecule has 1 saturated heterocycles. The van der Waals surface area contributed by atoms with E-state index in [4.69, 9.17) is 16.2 Å². The molecule has 3 atom stereocenters. The Morgan fingerprint density at radius 1 is 1.21 bits per heavy atom. The monoisotopic (exact) mass is 399 g/mol. The molecular formula is C21H29N5O3. The molecule has 4 saturated carbocycles. The number of likely N-dealkylation sites (tertiary alicyclic amines) is 1. The average molecular weight is 399 g/mol. The molecule has 1 aromatic rings. The summed E-state index contributed by atoms with van der Waals surface area (Å²) in [6.07, 6.45) is 6.75. The van der Waals surface area contributed by atoms with Crippen molar-refractivity contribution in [3.8, 4) is 0 Å². The molecule has 8 heteroatoms. The van der Waals surface area contributed by atoms with Crippen molar-refractivity contribution < 1.29 is 14.3 Å². The number of hydrogen-bond donors (Lipinski definition) is 3. The molecular weight excluding hydrogens is 370 g/mol. The summed E-state index contributed by atoms with van der Waals surface area (Å²) < 4.78 is 6.03. The van der Waals surface area contributed by atoms with Gasteiger partial charge in [-0.05, 0) is 68.4 Å². The quantitative estimate of drug-likeness (QED) is 0.711. The number of nitrogens with zero attached hydrogens (tertiary/aromatic N) is 2. The van der Waals surface area contributed by atoms with Gasteiger partial charge >= 0.3 is 6.09 Å². The zero-order valence-electron chi connectivity index (χ0n) is 16.5. The van der Waals surface area contributed by atoms with Crippen molar-refractivity contribution in [2.45, 2.75) is 50.7 Å². The lowest BCUT2D eigenvalue weighted by atomic mass is 9.48. The Hall–Kier alpha value is -2.51. The summed E-state index contributed by atoms with van der Waals surface area (Å²) in [5, 5.41) is 3.36. The van der Waals surface area contributed by atoms with Gasteiger partial charge in [-0.2, -0.15) is 0 Å². The summed E-state index contributed by atoms with van der Waals surface area (Å²) in [6.45, 7) is 1.27. The third kappa shape index (κ3) is 3.28. The highest BCUT2D eigenvalue weighted by atomic mass is 16.6. The molecule has 0 spiro atoms. The van der Waals surface area contributed by atoms with Crippen LogP contribution in [0.4, 0.5) is 16.3 Å². The summed E-state index contributed by atoms with van der Waals surface area (Å²) in [5.74, 6) is 1.70. The number of hydrogen-bond acceptors (Lipinski definition) is 6. The second-order valence-electron chi connectivity index (χ2n) is 9.52. The Bertz CT molecular complexity index is 797. The first-order chi connectivity index (χ1) is 13.9. The fourth-order valence-electron chi connectivity index (χ4n) is 6.41. The number of ether oxygens (including phenoxy) is 1. The molecule has 6 rings (SSSR count). The number of pyridine rings is 1. The summed E-state index contributed by atoms with van der Waals surface area (Å²) in [5.41, 5.74) is 11.7. The third-order valence-electron chi connectivity index (χ3n) is 7.53. The molecule has 5 fully saturated rings. The Kier molecular flexibility index (Phi) is 4.33. The number of carbonyl (C=O) groups is 2. The SMILES string of the molecule is NC(=O)C12CC3CC(C1)C(OC(=O)N1CC[C@H](Nc4ccc(N)cn4)C1)C(C3)C2. The van der Waals surface area contributed by atoms with Crippen LogP contribution in [0.15, 0.2) is 18.3 Å². The van der Waals surface area contributed by atoms with E-state index in [9.17, 15) is 9.59 Å². The molecule has 1 aromatic heterocycles. The maximum atomic E-state index is 12.8. The molecule has 4 aliphatic carbocycles. The number of primary amides is 1. The van der Waals surface area contributed by atoms with Crippen molar-refractivity contribution in [3.05, 3.63) is 18.3 Å². The van der Waals surface area contributed by atoms with Gasteiger partial charge in [0.25, 0.3) is 0 Å². The van der Waals surface area contributed by atoms with E-state index in [1.807, 2.05) is 12.1 Å². The van der Waals surface area contributed by atoms with Crippen LogP contribution < -0.4 is 16.8 Å². The van der Waals surface area contributed by atoms with Crippen molar-refractivity contribution in [2.75, 3.05) is 24.1 Å². The summed E-state index contributed by atoms with van der Waals surface area (Å²) >= 11 is 0. The van der Waals surface area contributed by atoms with E-state index in [2.05, 4.69) is 10.3 Å². The molecule has 8 nitrogen and oxygen atoms in total. The second-order valence-corrected chi connectivity index (χ2v) is 9.52. The molecule has 5 aliphatic rings. The minimum Gasteiger partial charge on any atom is -0.446 e. The summed E-state index contributed by atoms with van der Waals surface area (Å²) in [7, 11) is 0. The number of nitrogens with one attached hydrogen (secondary N) is 1. The Balaban J connectivity index is 1.19. The van der Waals surface area contributed by atoms with Gasteiger partial charge in [0, 0.05) is 19.1 Å². The van der Waals surface area contributed by atoms with E-state index in [-0.39, 0.29) is 41.4 Å². The second kappa shape index (κ2) is 6.78. The maximum absolute atomic E-state index is 12.8. The predicted molar refractivity (Wildman–Crippen MR) is 108 cm³/mol. The van der Waals surface area contributed by atoms with Crippen molar-refractivity contribution in [2.24, 2.45) is 28.9 Å². The van der Waals surface area contributed by atoms with Crippen LogP contribution in [-0.2, 0) is 9.53 Å². The molecule has 0 aromatic carbocycles. The first-order valence-corrected chi connectivity index (χ1v) is 10.7. The van der Waals surface area contributed by atoms with Gasteiger partial charge in [0.1, 0.15) is 11.9 Å². The molecule has 1 aliphatic heterocycles. The molecule has 156 valence electrons. The lowest BCUT2D eigenvalue weighted by molar-refractivity contribution is -0.161. The fourth-order valence-corrected chi connectivity index (χ4v) is 6.41. The fraction of sp³-hybridized carbons (Fsp3) is 0.667. The molecule has 2 amide bonds. The minimum atomic E-state index is -0.353. The van der Waals surface area contributed by atoms with Gasteiger partial charge in [-0.3, -0.25) is 4.79 Å². The van der Waals surface area contributed by atoms with E-state index >= 15 is 0 Å². The van der Waals surface area contributed by atoms with Crippen LogP contribution in [0.2, 0.25) is 0 Å².